The number of rotatable bonds is 6. The number of hydrogen-bond donors (Lipinski definition) is 0. The van der Waals surface area contributed by atoms with Crippen LogP contribution in [0.3, 0.4) is 0 Å². The van der Waals surface area contributed by atoms with Crippen molar-refractivity contribution < 1.29 is 37.0 Å². The number of amides is 2. The second-order valence-corrected chi connectivity index (χ2v) is 16.8. The Morgan fingerprint density at radius 3 is 2.54 bits per heavy atom. The van der Waals surface area contributed by atoms with E-state index in [0.717, 1.165) is 25.0 Å². The summed E-state index contributed by atoms with van der Waals surface area (Å²) in [7, 11) is 1.72. The van der Waals surface area contributed by atoms with Crippen LogP contribution >= 0.6 is 0 Å². The van der Waals surface area contributed by atoms with Gasteiger partial charge in [0.2, 0.25) is 17.8 Å². The van der Waals surface area contributed by atoms with Gasteiger partial charge in [-0.25, -0.2) is 27.8 Å². The molecule has 0 radical (unpaired) electrons. The summed E-state index contributed by atoms with van der Waals surface area (Å²) >= 11 is 0. The summed E-state index contributed by atoms with van der Waals surface area (Å²) < 4.78 is 66.9. The monoisotopic (exact) mass is 864 g/mol. The zero-order valence-electron chi connectivity index (χ0n) is 34.7. The van der Waals surface area contributed by atoms with E-state index in [1.165, 1.54) is 29.1 Å². The first-order valence-electron chi connectivity index (χ1n) is 21.2. The van der Waals surface area contributed by atoms with Crippen molar-refractivity contribution in [3.8, 4) is 23.0 Å². The third-order valence-electron chi connectivity index (χ3n) is 12.7. The summed E-state index contributed by atoms with van der Waals surface area (Å²) in [6, 6.07) is 6.01. The highest BCUT2D eigenvalue weighted by molar-refractivity contribution is 5.95. The van der Waals surface area contributed by atoms with Gasteiger partial charge >= 0.3 is 6.01 Å². The lowest BCUT2D eigenvalue weighted by atomic mass is 10.0. The number of nitrogens with zero attached hydrogens (tertiary/aromatic N) is 12. The van der Waals surface area contributed by atoms with E-state index in [2.05, 4.69) is 15.1 Å². The van der Waals surface area contributed by atoms with E-state index in [9.17, 15) is 14.0 Å². The molecule has 4 aromatic heterocycles. The molecule has 8 heterocycles. The number of aromatic nitrogens is 8. The van der Waals surface area contributed by atoms with Gasteiger partial charge in [-0.05, 0) is 51.0 Å². The maximum Gasteiger partial charge on any atom is 0.317 e. The van der Waals surface area contributed by atoms with Crippen LogP contribution in [-0.4, -0.2) is 144 Å². The molecule has 17 nitrogen and oxygen atoms in total. The lowest BCUT2D eigenvalue weighted by Gasteiger charge is -2.49. The van der Waals surface area contributed by atoms with Crippen molar-refractivity contribution in [2.45, 2.75) is 76.0 Å². The van der Waals surface area contributed by atoms with Crippen LogP contribution < -0.4 is 14.5 Å². The number of fused-ring (bicyclic) bond motifs is 8. The van der Waals surface area contributed by atoms with Gasteiger partial charge in [-0.2, -0.15) is 20.1 Å². The highest BCUT2D eigenvalue weighted by Crippen LogP contribution is 2.39. The standard InChI is InChI=1S/C43H43F3N12O5/c1-4-62-28-17-53(3)40(59)35-14-27(63-43-47-10-9-32(50-43)29-11-24(45)13-33-37(29)54(19-28)22(2)49-33)18-56(35)38-30-15-48-58(34-8-5-23(44)12-31(34)46)39(30)52-42(51-38)57-26-16-55(25-6-7-25)41(60)36(57)21-61-20-26/h5,8-13,15,25-28,35-36H,4,6-7,14,16-21H2,1-3H3/t26-,27+,28+,35+,36-/m1/s1. The molecule has 4 aliphatic heterocycles. The molecule has 2 amide bonds. The molecule has 63 heavy (non-hydrogen) atoms. The van der Waals surface area contributed by atoms with Crippen molar-refractivity contribution in [1.29, 1.82) is 0 Å². The topological polar surface area (TPSA) is 162 Å². The fourth-order valence-electron chi connectivity index (χ4n) is 9.70. The number of likely N-dealkylation sites (N-methyl/N-ethyl adjacent to an activating group) is 1. The predicted molar refractivity (Wildman–Crippen MR) is 221 cm³/mol. The summed E-state index contributed by atoms with van der Waals surface area (Å²) in [4.78, 5) is 60.3. The lowest BCUT2D eigenvalue weighted by molar-refractivity contribution is -0.141. The summed E-state index contributed by atoms with van der Waals surface area (Å²) in [6.45, 7) is 5.55. The number of carbonyl (C=O) groups is 2. The largest absolute Gasteiger partial charge is 0.458 e. The molecule has 11 rings (SSSR count). The van der Waals surface area contributed by atoms with Gasteiger partial charge in [0.1, 0.15) is 47.2 Å². The lowest BCUT2D eigenvalue weighted by Crippen LogP contribution is -2.68. The van der Waals surface area contributed by atoms with Crippen molar-refractivity contribution in [3.63, 3.8) is 0 Å². The molecule has 2 aromatic carbocycles. The first-order chi connectivity index (χ1) is 30.5. The van der Waals surface area contributed by atoms with Gasteiger partial charge in [0, 0.05) is 63.1 Å². The van der Waals surface area contributed by atoms with E-state index in [0.29, 0.717) is 65.6 Å². The summed E-state index contributed by atoms with van der Waals surface area (Å²) in [5.74, 6) is -1.33. The Balaban J connectivity index is 1.05. The van der Waals surface area contributed by atoms with Gasteiger partial charge in [-0.1, -0.05) is 0 Å². The molecule has 3 saturated heterocycles. The van der Waals surface area contributed by atoms with E-state index in [1.807, 2.05) is 33.1 Å². The molecule has 1 saturated carbocycles. The van der Waals surface area contributed by atoms with Gasteiger partial charge in [-0.15, -0.1) is 0 Å². The molecule has 5 atom stereocenters. The molecule has 0 spiro atoms. The van der Waals surface area contributed by atoms with E-state index in [-0.39, 0.29) is 73.3 Å². The molecule has 0 unspecified atom stereocenters. The minimum absolute atomic E-state index is 0.0224. The van der Waals surface area contributed by atoms with Gasteiger partial charge in [0.05, 0.1) is 66.8 Å². The van der Waals surface area contributed by atoms with Crippen LogP contribution in [0.4, 0.5) is 24.9 Å². The molecule has 6 aromatic rings. The highest BCUT2D eigenvalue weighted by Gasteiger charge is 2.50. The molecule has 0 N–H and O–H groups in total. The molecule has 5 aliphatic rings. The van der Waals surface area contributed by atoms with Crippen LogP contribution in [0.1, 0.15) is 32.0 Å². The molecule has 6 bridgehead atoms. The van der Waals surface area contributed by atoms with Crippen LogP contribution in [0.5, 0.6) is 6.01 Å². The molecular formula is C43H43F3N12O5. The average Bonchev–Trinajstić information content (AvgIpc) is 3.77. The maximum atomic E-state index is 15.5. The zero-order chi connectivity index (χ0) is 43.3. The number of anilines is 2. The average molecular weight is 865 g/mol. The predicted octanol–water partition coefficient (Wildman–Crippen LogP) is 3.83. The molecule has 1 aliphatic carbocycles. The van der Waals surface area contributed by atoms with Gasteiger partial charge in [0.25, 0.3) is 0 Å². The van der Waals surface area contributed by atoms with Crippen molar-refractivity contribution in [3.05, 3.63) is 72.1 Å². The molecule has 20 heteroatoms. The molecule has 326 valence electrons. The third kappa shape index (κ3) is 6.77. The maximum absolute atomic E-state index is 15.5. The number of ether oxygens (including phenoxy) is 3. The van der Waals surface area contributed by atoms with Crippen molar-refractivity contribution in [2.24, 2.45) is 0 Å². The summed E-state index contributed by atoms with van der Waals surface area (Å²) in [5, 5.41) is 4.93. The second-order valence-electron chi connectivity index (χ2n) is 16.8. The second kappa shape index (κ2) is 15.1. The number of hydrogen-bond acceptors (Lipinski definition) is 13. The highest BCUT2D eigenvalue weighted by atomic mass is 19.1. The van der Waals surface area contributed by atoms with Crippen molar-refractivity contribution in [1.82, 2.24) is 49.1 Å². The molecule has 4 fully saturated rings. The third-order valence-corrected chi connectivity index (χ3v) is 12.7. The number of morpholine rings is 1. The van der Waals surface area contributed by atoms with E-state index >= 15 is 8.78 Å². The SMILES string of the molecule is CCO[C@H]1CN(C)C(=O)[C@@H]2C[C@@H](CN2c2nc(N3[C@H]4COC[C@@H]3C(=O)N(C3CC3)C4)nc3c2cnn3-c2ccc(F)cc2F)Oc2nccc(n2)-c2cc(F)cc3nc(C)n(c23)C1. The Kier molecular flexibility index (Phi) is 9.48. The van der Waals surface area contributed by atoms with Gasteiger partial charge in [-0.3, -0.25) is 9.59 Å². The Hall–Kier alpha value is -6.41. The Labute approximate surface area is 358 Å². The Morgan fingerprint density at radius 1 is 0.873 bits per heavy atom. The Bertz CT molecular complexity index is 2820. The number of piperazine rings is 1. The van der Waals surface area contributed by atoms with Crippen LogP contribution in [0.15, 0.2) is 48.8 Å². The normalized spacial score (nSPS) is 24.0. The van der Waals surface area contributed by atoms with Crippen LogP contribution in [0, 0.1) is 24.4 Å². The van der Waals surface area contributed by atoms with Crippen LogP contribution in [-0.2, 0) is 25.6 Å². The molecular weight excluding hydrogens is 822 g/mol. The number of benzene rings is 2. The quantitative estimate of drug-likeness (QED) is 0.238. The minimum atomic E-state index is -0.864. The number of halogens is 3. The van der Waals surface area contributed by atoms with Crippen LogP contribution in [0.25, 0.3) is 39.0 Å². The summed E-state index contributed by atoms with van der Waals surface area (Å²) in [5.41, 5.74) is 2.16. The zero-order valence-corrected chi connectivity index (χ0v) is 34.7. The number of carbonyl (C=O) groups excluding carboxylic acids is 2. The van der Waals surface area contributed by atoms with Crippen LogP contribution in [0.2, 0.25) is 0 Å². The van der Waals surface area contributed by atoms with Gasteiger partial charge < -0.3 is 38.4 Å². The van der Waals surface area contributed by atoms with E-state index in [4.69, 9.17) is 29.2 Å². The first-order valence-corrected chi connectivity index (χ1v) is 21.2. The van der Waals surface area contributed by atoms with Crippen molar-refractivity contribution in [2.75, 3.05) is 56.3 Å². The van der Waals surface area contributed by atoms with Gasteiger partial charge in [0.15, 0.2) is 11.5 Å². The Morgan fingerprint density at radius 2 is 1.73 bits per heavy atom. The first kappa shape index (κ1) is 39.4. The minimum Gasteiger partial charge on any atom is -0.458 e. The fourth-order valence-corrected chi connectivity index (χ4v) is 9.70. The van der Waals surface area contributed by atoms with Crippen molar-refractivity contribution >= 4 is 45.6 Å². The fraction of sp³-hybridized carbons (Fsp3) is 0.442. The summed E-state index contributed by atoms with van der Waals surface area (Å²) in [6.07, 6.45) is 3.95. The smallest absolute Gasteiger partial charge is 0.317 e. The van der Waals surface area contributed by atoms with E-state index in [1.54, 1.807) is 24.2 Å². The number of aryl methyl sites for hydroxylation is 1. The number of imidazole rings is 1. The van der Waals surface area contributed by atoms with E-state index < -0.39 is 41.7 Å².